The van der Waals surface area contributed by atoms with E-state index >= 15 is 0 Å². The number of aromatic nitrogens is 3. The van der Waals surface area contributed by atoms with Crippen LogP contribution in [-0.4, -0.2) is 34.5 Å². The van der Waals surface area contributed by atoms with Crippen LogP contribution in [0.1, 0.15) is 21.6 Å². The lowest BCUT2D eigenvalue weighted by atomic mass is 9.97. The minimum absolute atomic E-state index is 0.0204. The maximum atomic E-state index is 14.6. The number of ether oxygens (including phenoxy) is 3. The van der Waals surface area contributed by atoms with E-state index in [1.807, 2.05) is 0 Å². The van der Waals surface area contributed by atoms with Gasteiger partial charge in [-0.2, -0.15) is 0 Å². The van der Waals surface area contributed by atoms with E-state index in [4.69, 9.17) is 14.2 Å². The lowest BCUT2D eigenvalue weighted by Crippen LogP contribution is -2.23. The average molecular weight is 558 g/mol. The SMILES string of the molecule is COc1cc2nccc(Oc3ccc(CC(=O)c4cn(C)c(C)c(-c5ccc(F)cc5F)c4=O)cc3)c2nc1OC. The molecule has 0 saturated heterocycles. The number of hydrogen-bond acceptors (Lipinski definition) is 7. The number of carbonyl (C=O) groups excluding carboxylic acids is 1. The van der Waals surface area contributed by atoms with E-state index in [0.29, 0.717) is 51.5 Å². The number of pyridine rings is 3. The summed E-state index contributed by atoms with van der Waals surface area (Å²) >= 11 is 0. The summed E-state index contributed by atoms with van der Waals surface area (Å²) in [5.41, 5.74) is 1.39. The number of Topliss-reactive ketones (excluding diaryl/α,β-unsaturated/α-hetero) is 1. The minimum atomic E-state index is -0.875. The number of fused-ring (bicyclic) bond motifs is 1. The topological polar surface area (TPSA) is 92.5 Å². The molecule has 0 N–H and O–H groups in total. The zero-order valence-corrected chi connectivity index (χ0v) is 22.7. The first-order valence-electron chi connectivity index (χ1n) is 12.5. The highest BCUT2D eigenvalue weighted by atomic mass is 19.1. The van der Waals surface area contributed by atoms with Gasteiger partial charge in [0.25, 0.3) is 5.88 Å². The predicted molar refractivity (Wildman–Crippen MR) is 149 cm³/mol. The van der Waals surface area contributed by atoms with Crippen molar-refractivity contribution in [1.82, 2.24) is 14.5 Å². The van der Waals surface area contributed by atoms with Gasteiger partial charge in [0.1, 0.15) is 22.9 Å². The van der Waals surface area contributed by atoms with Crippen LogP contribution in [0.4, 0.5) is 8.78 Å². The zero-order chi connectivity index (χ0) is 29.3. The average Bonchev–Trinajstić information content (AvgIpc) is 2.96. The van der Waals surface area contributed by atoms with Gasteiger partial charge in [0, 0.05) is 55.3 Å². The van der Waals surface area contributed by atoms with Crippen molar-refractivity contribution in [2.24, 2.45) is 7.05 Å². The molecule has 41 heavy (non-hydrogen) atoms. The Hall–Kier alpha value is -5.12. The molecule has 3 heterocycles. The van der Waals surface area contributed by atoms with Crippen LogP contribution in [0.15, 0.2) is 71.8 Å². The van der Waals surface area contributed by atoms with Crippen LogP contribution >= 0.6 is 0 Å². The van der Waals surface area contributed by atoms with Gasteiger partial charge in [-0.15, -0.1) is 0 Å². The fraction of sp³-hybridized carbons (Fsp3) is 0.161. The van der Waals surface area contributed by atoms with Crippen LogP contribution < -0.4 is 19.6 Å². The Kier molecular flexibility index (Phi) is 7.47. The van der Waals surface area contributed by atoms with Crippen LogP contribution in [-0.2, 0) is 13.5 Å². The van der Waals surface area contributed by atoms with E-state index in [9.17, 15) is 18.4 Å². The normalized spacial score (nSPS) is 11.0. The van der Waals surface area contributed by atoms with Gasteiger partial charge in [0.05, 0.1) is 30.9 Å². The molecular formula is C31H25F2N3O5. The third kappa shape index (κ3) is 5.36. The van der Waals surface area contributed by atoms with Crippen molar-refractivity contribution < 1.29 is 27.8 Å². The van der Waals surface area contributed by atoms with E-state index in [1.54, 1.807) is 61.1 Å². The molecule has 8 nitrogen and oxygen atoms in total. The molecule has 0 bridgehead atoms. The summed E-state index contributed by atoms with van der Waals surface area (Å²) in [5.74, 6) is -0.396. The highest BCUT2D eigenvalue weighted by molar-refractivity contribution is 5.98. The Morgan fingerprint density at radius 3 is 2.41 bits per heavy atom. The van der Waals surface area contributed by atoms with Crippen molar-refractivity contribution in [1.29, 1.82) is 0 Å². The molecule has 0 aliphatic heterocycles. The highest BCUT2D eigenvalue weighted by Gasteiger charge is 2.21. The molecule has 0 aliphatic carbocycles. The van der Waals surface area contributed by atoms with Crippen molar-refractivity contribution in [3.05, 3.63) is 106 Å². The predicted octanol–water partition coefficient (Wildman–Crippen LogP) is 5.82. The molecule has 0 aliphatic rings. The molecule has 0 atom stereocenters. The standard InChI is InChI=1S/C31H25F2N3O5/c1-17-28(21-10-7-19(32)14-23(21)33)30(38)22(16-36(17)2)25(37)13-18-5-8-20(9-6-18)41-26-11-12-34-24-15-27(39-3)31(40-4)35-29(24)26/h5-12,14-16H,13H2,1-4H3. The first kappa shape index (κ1) is 27.4. The molecular weight excluding hydrogens is 532 g/mol. The number of nitrogens with zero attached hydrogens (tertiary/aromatic N) is 3. The maximum Gasteiger partial charge on any atom is 0.257 e. The van der Waals surface area contributed by atoms with Crippen molar-refractivity contribution >= 4 is 16.8 Å². The van der Waals surface area contributed by atoms with E-state index in [1.165, 1.54) is 26.5 Å². The summed E-state index contributed by atoms with van der Waals surface area (Å²) in [7, 11) is 4.66. The summed E-state index contributed by atoms with van der Waals surface area (Å²) < 4.78 is 46.2. The molecule has 0 spiro atoms. The Balaban J connectivity index is 1.39. The van der Waals surface area contributed by atoms with Crippen LogP contribution in [0, 0.1) is 18.6 Å². The fourth-order valence-corrected chi connectivity index (χ4v) is 4.50. The first-order valence-corrected chi connectivity index (χ1v) is 12.5. The second kappa shape index (κ2) is 11.2. The zero-order valence-electron chi connectivity index (χ0n) is 22.7. The van der Waals surface area contributed by atoms with Gasteiger partial charge < -0.3 is 18.8 Å². The second-order valence-corrected chi connectivity index (χ2v) is 9.29. The number of carbonyl (C=O) groups is 1. The number of benzene rings is 2. The van der Waals surface area contributed by atoms with Crippen molar-refractivity contribution in [2.75, 3.05) is 14.2 Å². The quantitative estimate of drug-likeness (QED) is 0.222. The molecule has 0 radical (unpaired) electrons. The molecule has 5 aromatic rings. The number of hydrogen-bond donors (Lipinski definition) is 0. The second-order valence-electron chi connectivity index (χ2n) is 9.29. The Bertz CT molecular complexity index is 1850. The molecule has 208 valence electrons. The van der Waals surface area contributed by atoms with E-state index < -0.39 is 22.8 Å². The molecule has 3 aromatic heterocycles. The maximum absolute atomic E-state index is 14.6. The number of methoxy groups -OCH3 is 2. The lowest BCUT2D eigenvalue weighted by molar-refractivity contribution is 0.0991. The van der Waals surface area contributed by atoms with Gasteiger partial charge in [-0.05, 0) is 36.8 Å². The van der Waals surface area contributed by atoms with Crippen molar-refractivity contribution in [3.63, 3.8) is 0 Å². The fourth-order valence-electron chi connectivity index (χ4n) is 4.50. The van der Waals surface area contributed by atoms with Gasteiger partial charge in [-0.25, -0.2) is 13.8 Å². The number of rotatable bonds is 8. The highest BCUT2D eigenvalue weighted by Crippen LogP contribution is 2.34. The summed E-state index contributed by atoms with van der Waals surface area (Å²) in [6.45, 7) is 1.64. The van der Waals surface area contributed by atoms with E-state index in [0.717, 1.165) is 6.07 Å². The summed E-state index contributed by atoms with van der Waals surface area (Å²) in [4.78, 5) is 35.3. The Labute approximate surface area is 233 Å². The summed E-state index contributed by atoms with van der Waals surface area (Å²) in [6, 6.07) is 13.2. The van der Waals surface area contributed by atoms with Crippen LogP contribution in [0.2, 0.25) is 0 Å². The van der Waals surface area contributed by atoms with Crippen LogP contribution in [0.25, 0.3) is 22.2 Å². The van der Waals surface area contributed by atoms with Gasteiger partial charge in [0.2, 0.25) is 5.43 Å². The van der Waals surface area contributed by atoms with Gasteiger partial charge in [-0.1, -0.05) is 12.1 Å². The summed E-state index contributed by atoms with van der Waals surface area (Å²) in [5, 5.41) is 0. The molecule has 10 heteroatoms. The van der Waals surface area contributed by atoms with E-state index in [2.05, 4.69) is 9.97 Å². The van der Waals surface area contributed by atoms with Crippen molar-refractivity contribution in [2.45, 2.75) is 13.3 Å². The van der Waals surface area contributed by atoms with Gasteiger partial charge in [0.15, 0.2) is 17.3 Å². The molecule has 0 saturated carbocycles. The van der Waals surface area contributed by atoms with Crippen LogP contribution in [0.3, 0.4) is 0 Å². The van der Waals surface area contributed by atoms with Gasteiger partial charge >= 0.3 is 0 Å². The Morgan fingerprint density at radius 2 is 1.73 bits per heavy atom. The number of aryl methyl sites for hydroxylation is 1. The number of ketones is 1. The summed E-state index contributed by atoms with van der Waals surface area (Å²) in [6.07, 6.45) is 2.96. The van der Waals surface area contributed by atoms with Crippen LogP contribution in [0.5, 0.6) is 23.1 Å². The third-order valence-electron chi connectivity index (χ3n) is 6.72. The van der Waals surface area contributed by atoms with Gasteiger partial charge in [-0.3, -0.25) is 14.6 Å². The lowest BCUT2D eigenvalue weighted by Gasteiger charge is -2.14. The third-order valence-corrected chi connectivity index (χ3v) is 6.72. The molecule has 0 amide bonds. The minimum Gasteiger partial charge on any atom is -0.491 e. The molecule has 0 fully saturated rings. The first-order chi connectivity index (χ1) is 19.7. The number of halogens is 2. The largest absolute Gasteiger partial charge is 0.491 e. The van der Waals surface area contributed by atoms with E-state index in [-0.39, 0.29) is 23.1 Å². The molecule has 2 aromatic carbocycles. The smallest absolute Gasteiger partial charge is 0.257 e. The molecule has 5 rings (SSSR count). The van der Waals surface area contributed by atoms with Crippen molar-refractivity contribution in [3.8, 4) is 34.3 Å². The molecule has 0 unspecified atom stereocenters. The Morgan fingerprint density at radius 1 is 0.976 bits per heavy atom. The monoisotopic (exact) mass is 557 g/mol.